The number of nitrogens with two attached hydrogens (primary N) is 1. The van der Waals surface area contributed by atoms with Crippen LogP contribution in [0.3, 0.4) is 0 Å². The Bertz CT molecular complexity index is 116. The molecule has 0 aromatic heterocycles. The number of likely N-dealkylation sites (N-methyl/N-ethyl adjacent to an activating group) is 1. The molecule has 0 saturated carbocycles. The maximum absolute atomic E-state index is 10.6. The molecule has 0 heterocycles. The zero-order valence-corrected chi connectivity index (χ0v) is 6.37. The first-order valence-corrected chi connectivity index (χ1v) is 3.23. The summed E-state index contributed by atoms with van der Waals surface area (Å²) in [5, 5.41) is 8.66. The molecule has 60 valence electrons. The monoisotopic (exact) mass is 146 g/mol. The van der Waals surface area contributed by atoms with Crippen molar-refractivity contribution in [3.63, 3.8) is 0 Å². The van der Waals surface area contributed by atoms with Gasteiger partial charge in [-0.25, -0.2) is 0 Å². The van der Waals surface area contributed by atoms with Crippen LogP contribution in [0.2, 0.25) is 0 Å². The van der Waals surface area contributed by atoms with Crippen LogP contribution < -0.4 is 5.73 Å². The number of carbonyl (C=O) groups excluding carboxylic acids is 1. The van der Waals surface area contributed by atoms with Gasteiger partial charge in [-0.15, -0.1) is 0 Å². The molecule has 0 fully saturated rings. The Morgan fingerprint density at radius 3 is 2.40 bits per heavy atom. The number of carbonyl (C=O) groups is 1. The van der Waals surface area contributed by atoms with Crippen molar-refractivity contribution in [3.05, 3.63) is 0 Å². The third-order valence-corrected chi connectivity index (χ3v) is 1.53. The molecule has 0 aliphatic carbocycles. The van der Waals surface area contributed by atoms with Crippen LogP contribution in [0, 0.1) is 0 Å². The van der Waals surface area contributed by atoms with Crippen molar-refractivity contribution in [2.45, 2.75) is 13.0 Å². The Labute approximate surface area is 60.6 Å². The van der Waals surface area contributed by atoms with Crippen molar-refractivity contribution in [1.82, 2.24) is 4.90 Å². The van der Waals surface area contributed by atoms with E-state index in [4.69, 9.17) is 10.8 Å². The lowest BCUT2D eigenvalue weighted by Gasteiger charge is -2.21. The molecule has 4 heteroatoms. The normalized spacial score (nSPS) is 13.6. The smallest absolute Gasteiger partial charge is 0.237 e. The Kier molecular flexibility index (Phi) is 3.99. The van der Waals surface area contributed by atoms with Crippen LogP contribution in [0.1, 0.15) is 6.92 Å². The lowest BCUT2D eigenvalue weighted by molar-refractivity contribution is -0.124. The maximum Gasteiger partial charge on any atom is 0.237 e. The van der Waals surface area contributed by atoms with Crippen LogP contribution in [0.15, 0.2) is 0 Å². The van der Waals surface area contributed by atoms with Crippen molar-refractivity contribution >= 4 is 5.91 Å². The van der Waals surface area contributed by atoms with E-state index in [0.717, 1.165) is 0 Å². The van der Waals surface area contributed by atoms with Gasteiger partial charge in [-0.1, -0.05) is 6.92 Å². The van der Waals surface area contributed by atoms with E-state index >= 15 is 0 Å². The van der Waals surface area contributed by atoms with E-state index in [-0.39, 0.29) is 6.61 Å². The summed E-state index contributed by atoms with van der Waals surface area (Å²) in [4.78, 5) is 12.2. The fourth-order valence-electron chi connectivity index (χ4n) is 0.667. The Morgan fingerprint density at radius 2 is 2.30 bits per heavy atom. The molecule has 1 atom stereocenters. The third-order valence-electron chi connectivity index (χ3n) is 1.53. The van der Waals surface area contributed by atoms with Crippen LogP contribution in [-0.2, 0) is 4.79 Å². The first-order valence-electron chi connectivity index (χ1n) is 3.23. The van der Waals surface area contributed by atoms with Crippen molar-refractivity contribution in [3.8, 4) is 0 Å². The summed E-state index contributed by atoms with van der Waals surface area (Å²) in [5.41, 5.74) is 4.98. The molecule has 0 radical (unpaired) electrons. The minimum absolute atomic E-state index is 0.209. The van der Waals surface area contributed by atoms with E-state index in [2.05, 4.69) is 0 Å². The van der Waals surface area contributed by atoms with Gasteiger partial charge >= 0.3 is 0 Å². The summed E-state index contributed by atoms with van der Waals surface area (Å²) in [6.45, 7) is 2.39. The fourth-order valence-corrected chi connectivity index (χ4v) is 0.667. The minimum Gasteiger partial charge on any atom is -0.394 e. The molecule has 0 saturated heterocycles. The summed E-state index contributed by atoms with van der Waals surface area (Å²) in [6, 6.07) is -0.537. The summed E-state index contributed by atoms with van der Waals surface area (Å²) >= 11 is 0. The average Bonchev–Trinajstić information content (AvgIpc) is 1.88. The molecule has 3 N–H and O–H groups in total. The highest BCUT2D eigenvalue weighted by Crippen LogP contribution is 1.92. The molecule has 1 amide bonds. The third kappa shape index (κ3) is 2.33. The van der Waals surface area contributed by atoms with E-state index in [1.807, 2.05) is 6.92 Å². The standard InChI is InChI=1S/C6H14N2O2/c1-3-8(2)5(4-9)6(7)10/h5,9H,3-4H2,1-2H3,(H2,7,10). The number of nitrogens with zero attached hydrogens (tertiary/aromatic N) is 1. The first-order chi connectivity index (χ1) is 4.63. The second-order valence-electron chi connectivity index (χ2n) is 2.17. The minimum atomic E-state index is -0.537. The number of aliphatic hydroxyl groups is 1. The maximum atomic E-state index is 10.6. The molecule has 4 nitrogen and oxygen atoms in total. The largest absolute Gasteiger partial charge is 0.394 e. The molecule has 0 rings (SSSR count). The molecule has 0 aliphatic heterocycles. The molecule has 0 spiro atoms. The predicted octanol–water partition coefficient (Wildman–Crippen LogP) is -1.22. The summed E-state index contributed by atoms with van der Waals surface area (Å²) in [5.74, 6) is -0.480. The molecule has 10 heavy (non-hydrogen) atoms. The molecule has 1 unspecified atom stereocenters. The van der Waals surface area contributed by atoms with Crippen molar-refractivity contribution < 1.29 is 9.90 Å². The van der Waals surface area contributed by atoms with E-state index < -0.39 is 11.9 Å². The highest BCUT2D eigenvalue weighted by molar-refractivity contribution is 5.79. The lowest BCUT2D eigenvalue weighted by Crippen LogP contribution is -2.44. The van der Waals surface area contributed by atoms with Crippen LogP contribution in [-0.4, -0.2) is 42.2 Å². The van der Waals surface area contributed by atoms with Gasteiger partial charge in [-0.2, -0.15) is 0 Å². The molecular formula is C6H14N2O2. The SMILES string of the molecule is CCN(C)C(CO)C(N)=O. The number of rotatable bonds is 4. The number of amides is 1. The van der Waals surface area contributed by atoms with Gasteiger partial charge in [0, 0.05) is 0 Å². The quantitative estimate of drug-likeness (QED) is 0.522. The van der Waals surface area contributed by atoms with Gasteiger partial charge in [-0.05, 0) is 13.6 Å². The summed E-state index contributed by atoms with van der Waals surface area (Å²) < 4.78 is 0. The van der Waals surface area contributed by atoms with E-state index in [1.54, 1.807) is 11.9 Å². The summed E-state index contributed by atoms with van der Waals surface area (Å²) in [6.07, 6.45) is 0. The fraction of sp³-hybridized carbons (Fsp3) is 0.833. The van der Waals surface area contributed by atoms with Gasteiger partial charge in [0.25, 0.3) is 0 Å². The van der Waals surface area contributed by atoms with Crippen LogP contribution in [0.5, 0.6) is 0 Å². The molecule has 0 aromatic carbocycles. The van der Waals surface area contributed by atoms with Gasteiger partial charge < -0.3 is 10.8 Å². The second-order valence-corrected chi connectivity index (χ2v) is 2.17. The topological polar surface area (TPSA) is 66.6 Å². The number of primary amides is 1. The predicted molar refractivity (Wildman–Crippen MR) is 38.4 cm³/mol. The lowest BCUT2D eigenvalue weighted by atomic mass is 10.2. The Balaban J connectivity index is 3.92. The number of hydrogen-bond acceptors (Lipinski definition) is 3. The zero-order valence-electron chi connectivity index (χ0n) is 6.37. The molecular weight excluding hydrogens is 132 g/mol. The van der Waals surface area contributed by atoms with E-state index in [0.29, 0.717) is 6.54 Å². The number of hydrogen-bond donors (Lipinski definition) is 2. The van der Waals surface area contributed by atoms with Crippen LogP contribution >= 0.6 is 0 Å². The number of aliphatic hydroxyl groups excluding tert-OH is 1. The molecule has 0 aromatic rings. The van der Waals surface area contributed by atoms with Crippen LogP contribution in [0.4, 0.5) is 0 Å². The Morgan fingerprint density at radius 1 is 1.80 bits per heavy atom. The zero-order chi connectivity index (χ0) is 8.15. The van der Waals surface area contributed by atoms with Gasteiger partial charge in [0.2, 0.25) is 5.91 Å². The first kappa shape index (κ1) is 9.39. The van der Waals surface area contributed by atoms with Crippen LogP contribution in [0.25, 0.3) is 0 Å². The molecule has 0 aliphatic rings. The Hall–Kier alpha value is -0.610. The van der Waals surface area contributed by atoms with Gasteiger partial charge in [0.05, 0.1) is 6.61 Å². The van der Waals surface area contributed by atoms with Crippen molar-refractivity contribution in [2.75, 3.05) is 20.2 Å². The van der Waals surface area contributed by atoms with Gasteiger partial charge in [0.15, 0.2) is 0 Å². The highest BCUT2D eigenvalue weighted by atomic mass is 16.3. The van der Waals surface area contributed by atoms with Crippen molar-refractivity contribution in [1.29, 1.82) is 0 Å². The van der Waals surface area contributed by atoms with Gasteiger partial charge in [-0.3, -0.25) is 9.69 Å². The summed E-state index contributed by atoms with van der Waals surface area (Å²) in [7, 11) is 1.74. The van der Waals surface area contributed by atoms with Crippen molar-refractivity contribution in [2.24, 2.45) is 5.73 Å². The highest BCUT2D eigenvalue weighted by Gasteiger charge is 2.17. The van der Waals surface area contributed by atoms with E-state index in [1.165, 1.54) is 0 Å². The molecule has 0 bridgehead atoms. The van der Waals surface area contributed by atoms with Gasteiger partial charge in [0.1, 0.15) is 6.04 Å². The second kappa shape index (κ2) is 4.24. The average molecular weight is 146 g/mol. The van der Waals surface area contributed by atoms with E-state index in [9.17, 15) is 4.79 Å².